The van der Waals surface area contributed by atoms with E-state index in [4.69, 9.17) is 0 Å². The highest BCUT2D eigenvalue weighted by molar-refractivity contribution is 5.53. The topological polar surface area (TPSA) is 53.6 Å². The quantitative estimate of drug-likeness (QED) is 0.868. The molecule has 0 spiro atoms. The molecule has 0 saturated heterocycles. The van der Waals surface area contributed by atoms with Crippen molar-refractivity contribution in [2.45, 2.75) is 32.7 Å². The predicted octanol–water partition coefficient (Wildman–Crippen LogP) is 2.40. The van der Waals surface area contributed by atoms with Crippen LogP contribution in [0.4, 0.5) is 0 Å². The Hall–Kier alpha value is -1.68. The van der Waals surface area contributed by atoms with Crippen LogP contribution in [-0.4, -0.2) is 27.3 Å². The molecule has 0 radical (unpaired) electrons. The van der Waals surface area contributed by atoms with E-state index in [-0.39, 0.29) is 5.54 Å². The molecule has 0 aliphatic rings. The average Bonchev–Trinajstić information content (AvgIpc) is 2.77. The summed E-state index contributed by atoms with van der Waals surface area (Å²) in [6, 6.07) is 10.0. The molecule has 18 heavy (non-hydrogen) atoms. The molecule has 2 rings (SSSR count). The molecule has 4 heteroatoms. The molecule has 1 aromatic heterocycles. The van der Waals surface area contributed by atoms with E-state index in [2.05, 4.69) is 41.3 Å². The van der Waals surface area contributed by atoms with Crippen LogP contribution in [-0.2, 0) is 6.42 Å². The van der Waals surface area contributed by atoms with Gasteiger partial charge in [-0.3, -0.25) is 5.10 Å². The van der Waals surface area contributed by atoms with Crippen LogP contribution in [0.5, 0.6) is 0 Å². The summed E-state index contributed by atoms with van der Waals surface area (Å²) in [5.74, 6) is 1.69. The molecule has 0 saturated carbocycles. The fourth-order valence-electron chi connectivity index (χ4n) is 1.68. The maximum absolute atomic E-state index is 4.49. The van der Waals surface area contributed by atoms with Gasteiger partial charge in [-0.15, -0.1) is 0 Å². The summed E-state index contributed by atoms with van der Waals surface area (Å²) in [6.07, 6.45) is 0.858. The van der Waals surface area contributed by atoms with E-state index >= 15 is 0 Å². The van der Waals surface area contributed by atoms with Gasteiger partial charge in [0.2, 0.25) is 0 Å². The van der Waals surface area contributed by atoms with Crippen LogP contribution in [0.1, 0.15) is 26.6 Å². The van der Waals surface area contributed by atoms with Crippen molar-refractivity contribution in [3.8, 4) is 11.4 Å². The van der Waals surface area contributed by atoms with Gasteiger partial charge in [0, 0.05) is 24.1 Å². The second-order valence-electron chi connectivity index (χ2n) is 5.40. The number of nitrogens with zero attached hydrogens (tertiary/aromatic N) is 2. The molecule has 0 aliphatic heterocycles. The van der Waals surface area contributed by atoms with Crippen LogP contribution in [0, 0.1) is 0 Å². The SMILES string of the molecule is CC(C)(C)NCCc1nc(-c2ccccc2)n[nH]1. The van der Waals surface area contributed by atoms with Crippen molar-refractivity contribution in [3.05, 3.63) is 36.2 Å². The summed E-state index contributed by atoms with van der Waals surface area (Å²) in [4.78, 5) is 4.49. The number of hydrogen-bond acceptors (Lipinski definition) is 3. The molecule has 0 bridgehead atoms. The standard InChI is InChI=1S/C14H20N4/c1-14(2,3)15-10-9-12-16-13(18-17-12)11-7-5-4-6-8-11/h4-8,15H,9-10H2,1-3H3,(H,16,17,18). The second kappa shape index (κ2) is 5.31. The van der Waals surface area contributed by atoms with E-state index in [9.17, 15) is 0 Å². The number of aromatic amines is 1. The normalized spacial score (nSPS) is 11.7. The monoisotopic (exact) mass is 244 g/mol. The zero-order valence-corrected chi connectivity index (χ0v) is 11.2. The highest BCUT2D eigenvalue weighted by Gasteiger charge is 2.09. The van der Waals surface area contributed by atoms with E-state index in [1.165, 1.54) is 0 Å². The van der Waals surface area contributed by atoms with Gasteiger partial charge >= 0.3 is 0 Å². The molecule has 4 nitrogen and oxygen atoms in total. The van der Waals surface area contributed by atoms with Crippen LogP contribution in [0.3, 0.4) is 0 Å². The second-order valence-corrected chi connectivity index (χ2v) is 5.40. The first-order valence-electron chi connectivity index (χ1n) is 6.26. The minimum atomic E-state index is 0.141. The fraction of sp³-hybridized carbons (Fsp3) is 0.429. The third-order valence-corrected chi connectivity index (χ3v) is 2.58. The smallest absolute Gasteiger partial charge is 0.181 e. The minimum Gasteiger partial charge on any atom is -0.312 e. The van der Waals surface area contributed by atoms with E-state index in [1.807, 2.05) is 30.3 Å². The third-order valence-electron chi connectivity index (χ3n) is 2.58. The van der Waals surface area contributed by atoms with E-state index < -0.39 is 0 Å². The van der Waals surface area contributed by atoms with Gasteiger partial charge in [0.1, 0.15) is 5.82 Å². The Morgan fingerprint density at radius 3 is 2.56 bits per heavy atom. The molecule has 2 N–H and O–H groups in total. The van der Waals surface area contributed by atoms with Crippen molar-refractivity contribution in [2.75, 3.05) is 6.54 Å². The van der Waals surface area contributed by atoms with Gasteiger partial charge in [0.25, 0.3) is 0 Å². The van der Waals surface area contributed by atoms with Crippen molar-refractivity contribution in [1.29, 1.82) is 0 Å². The molecular weight excluding hydrogens is 224 g/mol. The molecule has 1 heterocycles. The molecule has 0 amide bonds. The van der Waals surface area contributed by atoms with E-state index in [0.29, 0.717) is 0 Å². The van der Waals surface area contributed by atoms with E-state index in [1.54, 1.807) is 0 Å². The Balaban J connectivity index is 1.95. The number of aromatic nitrogens is 3. The van der Waals surface area contributed by atoms with Gasteiger partial charge in [-0.1, -0.05) is 30.3 Å². The minimum absolute atomic E-state index is 0.141. The first-order chi connectivity index (χ1) is 8.54. The zero-order chi connectivity index (χ0) is 13.0. The molecular formula is C14H20N4. The maximum Gasteiger partial charge on any atom is 0.181 e. The van der Waals surface area contributed by atoms with Crippen molar-refractivity contribution in [2.24, 2.45) is 0 Å². The van der Waals surface area contributed by atoms with Crippen LogP contribution in [0.15, 0.2) is 30.3 Å². The van der Waals surface area contributed by atoms with Crippen molar-refractivity contribution in [1.82, 2.24) is 20.5 Å². The predicted molar refractivity (Wildman–Crippen MR) is 73.3 cm³/mol. The lowest BCUT2D eigenvalue weighted by atomic mass is 10.1. The Morgan fingerprint density at radius 1 is 1.17 bits per heavy atom. The summed E-state index contributed by atoms with van der Waals surface area (Å²) in [5.41, 5.74) is 1.19. The summed E-state index contributed by atoms with van der Waals surface area (Å²) in [5, 5.41) is 10.7. The molecule has 0 fully saturated rings. The summed E-state index contributed by atoms with van der Waals surface area (Å²) >= 11 is 0. The highest BCUT2D eigenvalue weighted by Crippen LogP contribution is 2.13. The van der Waals surface area contributed by atoms with Crippen LogP contribution in [0.25, 0.3) is 11.4 Å². The summed E-state index contributed by atoms with van der Waals surface area (Å²) < 4.78 is 0. The molecule has 2 aromatic rings. The van der Waals surface area contributed by atoms with E-state index in [0.717, 1.165) is 30.2 Å². The number of H-pyrrole nitrogens is 1. The lowest BCUT2D eigenvalue weighted by Gasteiger charge is -2.19. The van der Waals surface area contributed by atoms with Crippen molar-refractivity contribution >= 4 is 0 Å². The first kappa shape index (κ1) is 12.8. The summed E-state index contributed by atoms with van der Waals surface area (Å²) in [7, 11) is 0. The van der Waals surface area contributed by atoms with Crippen molar-refractivity contribution < 1.29 is 0 Å². The fourth-order valence-corrected chi connectivity index (χ4v) is 1.68. The Morgan fingerprint density at radius 2 is 1.89 bits per heavy atom. The molecule has 96 valence electrons. The van der Waals surface area contributed by atoms with Crippen molar-refractivity contribution in [3.63, 3.8) is 0 Å². The van der Waals surface area contributed by atoms with Gasteiger partial charge in [-0.2, -0.15) is 5.10 Å². The van der Waals surface area contributed by atoms with Gasteiger partial charge in [-0.05, 0) is 20.8 Å². The number of benzene rings is 1. The molecule has 0 atom stereocenters. The maximum atomic E-state index is 4.49. The Labute approximate surface area is 108 Å². The van der Waals surface area contributed by atoms with Gasteiger partial charge in [-0.25, -0.2) is 4.98 Å². The zero-order valence-electron chi connectivity index (χ0n) is 11.2. The Bertz CT molecular complexity index is 482. The van der Waals surface area contributed by atoms with Crippen LogP contribution < -0.4 is 5.32 Å². The lowest BCUT2D eigenvalue weighted by Crippen LogP contribution is -2.37. The lowest BCUT2D eigenvalue weighted by molar-refractivity contribution is 0.427. The van der Waals surface area contributed by atoms with Gasteiger partial charge in [0.05, 0.1) is 0 Å². The number of rotatable bonds is 4. The highest BCUT2D eigenvalue weighted by atomic mass is 15.2. The van der Waals surface area contributed by atoms with Crippen LogP contribution >= 0.6 is 0 Å². The first-order valence-corrected chi connectivity index (χ1v) is 6.26. The third kappa shape index (κ3) is 3.67. The largest absolute Gasteiger partial charge is 0.312 e. The van der Waals surface area contributed by atoms with Crippen LogP contribution in [0.2, 0.25) is 0 Å². The average molecular weight is 244 g/mol. The Kier molecular flexibility index (Phi) is 3.77. The molecule has 0 aliphatic carbocycles. The molecule has 0 unspecified atom stereocenters. The van der Waals surface area contributed by atoms with Gasteiger partial charge in [0.15, 0.2) is 5.82 Å². The van der Waals surface area contributed by atoms with Gasteiger partial charge < -0.3 is 5.32 Å². The molecule has 1 aromatic carbocycles. The number of nitrogens with one attached hydrogen (secondary N) is 2. The summed E-state index contributed by atoms with van der Waals surface area (Å²) in [6.45, 7) is 7.36. The number of hydrogen-bond donors (Lipinski definition) is 2.